The first kappa shape index (κ1) is 10.6. The molecule has 1 saturated carbocycles. The minimum absolute atomic E-state index is 0.321. The average Bonchev–Trinajstić information content (AvgIpc) is 2.71. The zero-order valence-corrected chi connectivity index (χ0v) is 9.53. The summed E-state index contributed by atoms with van der Waals surface area (Å²) in [7, 11) is 0. The summed E-state index contributed by atoms with van der Waals surface area (Å²) in [4.78, 5) is 8.67. The fourth-order valence-electron chi connectivity index (χ4n) is 2.37. The van der Waals surface area contributed by atoms with E-state index in [0.717, 1.165) is 11.4 Å². The van der Waals surface area contributed by atoms with Gasteiger partial charge in [0.2, 0.25) is 0 Å². The Kier molecular flexibility index (Phi) is 3.31. The summed E-state index contributed by atoms with van der Waals surface area (Å²) in [6, 6.07) is 1.00. The van der Waals surface area contributed by atoms with E-state index in [1.54, 1.807) is 12.4 Å². The zero-order valence-electron chi connectivity index (χ0n) is 9.53. The van der Waals surface area contributed by atoms with Crippen LogP contribution in [0.5, 0.6) is 0 Å². The van der Waals surface area contributed by atoms with E-state index in [9.17, 15) is 0 Å². The van der Waals surface area contributed by atoms with Gasteiger partial charge in [-0.1, -0.05) is 12.8 Å². The molecule has 1 aromatic heterocycles. The Labute approximate surface area is 91.3 Å². The molecule has 1 heterocycles. The summed E-state index contributed by atoms with van der Waals surface area (Å²) in [6.45, 7) is 4.20. The molecule has 0 saturated heterocycles. The number of nitrogens with zero attached hydrogens (tertiary/aromatic N) is 2. The molecule has 0 spiro atoms. The third-order valence-electron chi connectivity index (χ3n) is 3.17. The molecule has 0 radical (unpaired) electrons. The number of rotatable bonds is 3. The van der Waals surface area contributed by atoms with E-state index < -0.39 is 0 Å². The van der Waals surface area contributed by atoms with E-state index in [-0.39, 0.29) is 0 Å². The fourth-order valence-corrected chi connectivity index (χ4v) is 2.37. The maximum atomic E-state index is 4.40. The monoisotopic (exact) mass is 205 g/mol. The maximum Gasteiger partial charge on any atom is 0.0782 e. The molecule has 2 rings (SSSR count). The lowest BCUT2D eigenvalue weighted by atomic mass is 10.1. The van der Waals surface area contributed by atoms with Gasteiger partial charge in [0, 0.05) is 24.5 Å². The Hall–Kier alpha value is -0.960. The summed E-state index contributed by atoms with van der Waals surface area (Å²) in [5.41, 5.74) is 2.12. The van der Waals surface area contributed by atoms with Crippen molar-refractivity contribution in [2.24, 2.45) is 0 Å². The van der Waals surface area contributed by atoms with E-state index in [1.807, 2.05) is 6.92 Å². The standard InChI is InChI=1S/C12H19N3/c1-9-12(14-8-7-13-9)10(2)15-11-5-3-4-6-11/h7-8,10-11,15H,3-6H2,1-2H3. The smallest absolute Gasteiger partial charge is 0.0782 e. The van der Waals surface area contributed by atoms with Crippen molar-refractivity contribution in [3.63, 3.8) is 0 Å². The summed E-state index contributed by atoms with van der Waals surface area (Å²) < 4.78 is 0. The van der Waals surface area contributed by atoms with Gasteiger partial charge < -0.3 is 5.32 Å². The van der Waals surface area contributed by atoms with Gasteiger partial charge in [-0.3, -0.25) is 9.97 Å². The van der Waals surface area contributed by atoms with Crippen LogP contribution < -0.4 is 5.32 Å². The highest BCUT2D eigenvalue weighted by Gasteiger charge is 2.19. The lowest BCUT2D eigenvalue weighted by molar-refractivity contribution is 0.452. The van der Waals surface area contributed by atoms with Crippen LogP contribution in [-0.4, -0.2) is 16.0 Å². The van der Waals surface area contributed by atoms with Gasteiger partial charge >= 0.3 is 0 Å². The zero-order chi connectivity index (χ0) is 10.7. The molecule has 1 atom stereocenters. The summed E-state index contributed by atoms with van der Waals surface area (Å²) in [5, 5.41) is 3.63. The fraction of sp³-hybridized carbons (Fsp3) is 0.667. The normalized spacial score (nSPS) is 19.3. The first-order valence-electron chi connectivity index (χ1n) is 5.81. The van der Waals surface area contributed by atoms with E-state index in [0.29, 0.717) is 12.1 Å². The van der Waals surface area contributed by atoms with Crippen LogP contribution in [0.15, 0.2) is 12.4 Å². The number of hydrogen-bond acceptors (Lipinski definition) is 3. The molecule has 1 N–H and O–H groups in total. The highest BCUT2D eigenvalue weighted by Crippen LogP contribution is 2.21. The predicted octanol–water partition coefficient (Wildman–Crippen LogP) is 2.38. The molecule has 3 heteroatoms. The highest BCUT2D eigenvalue weighted by molar-refractivity contribution is 5.12. The molecule has 0 aliphatic heterocycles. The summed E-state index contributed by atoms with van der Waals surface area (Å²) in [6.07, 6.45) is 8.87. The van der Waals surface area contributed by atoms with Crippen LogP contribution in [0, 0.1) is 6.92 Å². The van der Waals surface area contributed by atoms with Crippen molar-refractivity contribution >= 4 is 0 Å². The Morgan fingerprint density at radius 1 is 1.27 bits per heavy atom. The second kappa shape index (κ2) is 4.71. The third-order valence-corrected chi connectivity index (χ3v) is 3.17. The quantitative estimate of drug-likeness (QED) is 0.823. The van der Waals surface area contributed by atoms with Gasteiger partial charge in [0.1, 0.15) is 0 Å². The molecule has 1 aliphatic carbocycles. The van der Waals surface area contributed by atoms with Crippen LogP contribution in [0.1, 0.15) is 50.0 Å². The van der Waals surface area contributed by atoms with Gasteiger partial charge in [-0.2, -0.15) is 0 Å². The van der Waals surface area contributed by atoms with Crippen molar-refractivity contribution in [1.82, 2.24) is 15.3 Å². The first-order chi connectivity index (χ1) is 7.27. The summed E-state index contributed by atoms with van der Waals surface area (Å²) in [5.74, 6) is 0. The van der Waals surface area contributed by atoms with Gasteiger partial charge in [0.15, 0.2) is 0 Å². The first-order valence-corrected chi connectivity index (χ1v) is 5.81. The predicted molar refractivity (Wildman–Crippen MR) is 60.6 cm³/mol. The second-order valence-corrected chi connectivity index (χ2v) is 4.40. The Bertz CT molecular complexity index is 318. The Morgan fingerprint density at radius 2 is 1.93 bits per heavy atom. The molecule has 0 amide bonds. The van der Waals surface area contributed by atoms with Gasteiger partial charge in [0.05, 0.1) is 11.4 Å². The molecule has 15 heavy (non-hydrogen) atoms. The van der Waals surface area contributed by atoms with E-state index in [4.69, 9.17) is 0 Å². The molecule has 1 fully saturated rings. The molecular formula is C12H19N3. The van der Waals surface area contributed by atoms with E-state index in [2.05, 4.69) is 22.2 Å². The van der Waals surface area contributed by atoms with Crippen molar-refractivity contribution in [3.8, 4) is 0 Å². The van der Waals surface area contributed by atoms with Crippen LogP contribution >= 0.6 is 0 Å². The van der Waals surface area contributed by atoms with Gasteiger partial charge in [-0.05, 0) is 26.7 Å². The molecule has 1 aromatic rings. The molecule has 82 valence electrons. The van der Waals surface area contributed by atoms with Crippen molar-refractivity contribution in [2.45, 2.75) is 51.6 Å². The van der Waals surface area contributed by atoms with E-state index in [1.165, 1.54) is 25.7 Å². The van der Waals surface area contributed by atoms with Crippen molar-refractivity contribution in [3.05, 3.63) is 23.8 Å². The van der Waals surface area contributed by atoms with Crippen LogP contribution in [-0.2, 0) is 0 Å². The van der Waals surface area contributed by atoms with Crippen molar-refractivity contribution in [2.75, 3.05) is 0 Å². The molecule has 1 aliphatic rings. The average molecular weight is 205 g/mol. The largest absolute Gasteiger partial charge is 0.306 e. The lowest BCUT2D eigenvalue weighted by Crippen LogP contribution is -2.30. The van der Waals surface area contributed by atoms with Gasteiger partial charge in [-0.25, -0.2) is 0 Å². The Balaban J connectivity index is 2.00. The van der Waals surface area contributed by atoms with Crippen molar-refractivity contribution in [1.29, 1.82) is 0 Å². The van der Waals surface area contributed by atoms with Crippen LogP contribution in [0.2, 0.25) is 0 Å². The number of aryl methyl sites for hydroxylation is 1. The van der Waals surface area contributed by atoms with Gasteiger partial charge in [-0.15, -0.1) is 0 Å². The van der Waals surface area contributed by atoms with E-state index >= 15 is 0 Å². The van der Waals surface area contributed by atoms with Crippen LogP contribution in [0.4, 0.5) is 0 Å². The minimum atomic E-state index is 0.321. The van der Waals surface area contributed by atoms with Crippen molar-refractivity contribution < 1.29 is 0 Å². The van der Waals surface area contributed by atoms with Gasteiger partial charge in [0.25, 0.3) is 0 Å². The maximum absolute atomic E-state index is 4.40. The number of nitrogens with one attached hydrogen (secondary N) is 1. The molecule has 0 aromatic carbocycles. The van der Waals surface area contributed by atoms with Crippen LogP contribution in [0.25, 0.3) is 0 Å². The summed E-state index contributed by atoms with van der Waals surface area (Å²) >= 11 is 0. The highest BCUT2D eigenvalue weighted by atomic mass is 15.0. The minimum Gasteiger partial charge on any atom is -0.306 e. The molecule has 3 nitrogen and oxygen atoms in total. The Morgan fingerprint density at radius 3 is 2.60 bits per heavy atom. The molecule has 1 unspecified atom stereocenters. The molecular weight excluding hydrogens is 186 g/mol. The topological polar surface area (TPSA) is 37.8 Å². The number of aromatic nitrogens is 2. The second-order valence-electron chi connectivity index (χ2n) is 4.40. The number of hydrogen-bond donors (Lipinski definition) is 1. The van der Waals surface area contributed by atoms with Crippen LogP contribution in [0.3, 0.4) is 0 Å². The molecule has 0 bridgehead atoms. The SMILES string of the molecule is Cc1nccnc1C(C)NC1CCCC1. The lowest BCUT2D eigenvalue weighted by Gasteiger charge is -2.19. The third kappa shape index (κ3) is 2.53.